The molecular formula is C13H17N3OS. The van der Waals surface area contributed by atoms with Gasteiger partial charge in [0.05, 0.1) is 15.2 Å². The van der Waals surface area contributed by atoms with Crippen molar-refractivity contribution < 1.29 is 4.79 Å². The van der Waals surface area contributed by atoms with Crippen LogP contribution in [0, 0.1) is 6.92 Å². The summed E-state index contributed by atoms with van der Waals surface area (Å²) in [7, 11) is 0. The molecule has 18 heavy (non-hydrogen) atoms. The van der Waals surface area contributed by atoms with E-state index < -0.39 is 0 Å². The number of carbonyl (C=O) groups is 1. The molecule has 96 valence electrons. The number of nitrogens with one attached hydrogen (secondary N) is 1. The van der Waals surface area contributed by atoms with E-state index in [-0.39, 0.29) is 6.03 Å². The van der Waals surface area contributed by atoms with E-state index in [0.717, 1.165) is 20.9 Å². The summed E-state index contributed by atoms with van der Waals surface area (Å²) in [6.45, 7) is 7.35. The average molecular weight is 263 g/mol. The number of aromatic nitrogens is 1. The number of rotatable bonds is 3. The second-order valence-corrected chi connectivity index (χ2v) is 5.25. The highest BCUT2D eigenvalue weighted by Gasteiger charge is 2.10. The first kappa shape index (κ1) is 12.8. The fourth-order valence-corrected chi connectivity index (χ4v) is 2.70. The lowest BCUT2D eigenvalue weighted by Gasteiger charge is -2.19. The van der Waals surface area contributed by atoms with Crippen molar-refractivity contribution in [3.63, 3.8) is 0 Å². The van der Waals surface area contributed by atoms with E-state index in [4.69, 9.17) is 0 Å². The van der Waals surface area contributed by atoms with Crippen LogP contribution in [-0.4, -0.2) is 29.0 Å². The van der Waals surface area contributed by atoms with Gasteiger partial charge in [-0.25, -0.2) is 9.78 Å². The molecule has 0 bridgehead atoms. The first-order chi connectivity index (χ1) is 8.63. The van der Waals surface area contributed by atoms with Gasteiger partial charge in [-0.3, -0.25) is 0 Å². The molecule has 1 N–H and O–H groups in total. The number of anilines is 1. The van der Waals surface area contributed by atoms with Crippen LogP contribution >= 0.6 is 11.3 Å². The number of amides is 2. The molecule has 0 aliphatic heterocycles. The van der Waals surface area contributed by atoms with Gasteiger partial charge in [-0.05, 0) is 39.0 Å². The Bertz CT molecular complexity index is 560. The zero-order valence-electron chi connectivity index (χ0n) is 10.9. The molecular weight excluding hydrogens is 246 g/mol. The maximum absolute atomic E-state index is 11.9. The van der Waals surface area contributed by atoms with E-state index in [1.165, 1.54) is 0 Å². The van der Waals surface area contributed by atoms with Gasteiger partial charge < -0.3 is 10.2 Å². The Morgan fingerprint density at radius 3 is 2.78 bits per heavy atom. The third kappa shape index (κ3) is 2.61. The molecule has 0 fully saturated rings. The predicted octanol–water partition coefficient (Wildman–Crippen LogP) is 3.48. The Morgan fingerprint density at radius 2 is 2.11 bits per heavy atom. The fraction of sp³-hybridized carbons (Fsp3) is 0.385. The van der Waals surface area contributed by atoms with Crippen LogP contribution in [0.3, 0.4) is 0 Å². The van der Waals surface area contributed by atoms with Crippen molar-refractivity contribution >= 4 is 33.3 Å². The molecule has 0 unspecified atom stereocenters. The molecule has 0 radical (unpaired) electrons. The molecule has 1 aromatic carbocycles. The Hall–Kier alpha value is -1.62. The molecule has 2 amide bonds. The molecule has 0 aliphatic carbocycles. The van der Waals surface area contributed by atoms with Crippen LogP contribution in [0.15, 0.2) is 18.2 Å². The molecule has 0 atom stereocenters. The van der Waals surface area contributed by atoms with Crippen molar-refractivity contribution in [3.8, 4) is 0 Å². The van der Waals surface area contributed by atoms with Crippen LogP contribution in [0.1, 0.15) is 18.9 Å². The molecule has 0 saturated heterocycles. The van der Waals surface area contributed by atoms with E-state index in [1.807, 2.05) is 39.0 Å². The van der Waals surface area contributed by atoms with E-state index in [2.05, 4.69) is 10.3 Å². The second kappa shape index (κ2) is 5.35. The highest BCUT2D eigenvalue weighted by molar-refractivity contribution is 7.18. The predicted molar refractivity (Wildman–Crippen MR) is 76.3 cm³/mol. The van der Waals surface area contributed by atoms with Crippen molar-refractivity contribution in [1.82, 2.24) is 9.88 Å². The summed E-state index contributed by atoms with van der Waals surface area (Å²) < 4.78 is 1.10. The number of fused-ring (bicyclic) bond motifs is 1. The van der Waals surface area contributed by atoms with Crippen molar-refractivity contribution in [3.05, 3.63) is 23.2 Å². The first-order valence-corrected chi connectivity index (χ1v) is 6.88. The molecule has 1 aromatic heterocycles. The normalized spacial score (nSPS) is 10.6. The van der Waals surface area contributed by atoms with Gasteiger partial charge in [0.25, 0.3) is 0 Å². The lowest BCUT2D eigenvalue weighted by atomic mass is 10.3. The zero-order chi connectivity index (χ0) is 13.1. The number of hydrogen-bond acceptors (Lipinski definition) is 3. The molecule has 2 aromatic rings. The van der Waals surface area contributed by atoms with Gasteiger partial charge in [-0.15, -0.1) is 11.3 Å². The third-order valence-electron chi connectivity index (χ3n) is 2.80. The molecule has 0 saturated carbocycles. The van der Waals surface area contributed by atoms with Crippen LogP contribution in [0.2, 0.25) is 0 Å². The summed E-state index contributed by atoms with van der Waals surface area (Å²) >= 11 is 1.64. The molecule has 0 aliphatic rings. The van der Waals surface area contributed by atoms with E-state index in [0.29, 0.717) is 13.1 Å². The average Bonchev–Trinajstić information content (AvgIpc) is 2.70. The molecule has 4 nitrogen and oxygen atoms in total. The minimum Gasteiger partial charge on any atom is -0.325 e. The minimum atomic E-state index is -0.0550. The van der Waals surface area contributed by atoms with Crippen LogP contribution < -0.4 is 5.32 Å². The minimum absolute atomic E-state index is 0.0550. The van der Waals surface area contributed by atoms with Gasteiger partial charge in [-0.2, -0.15) is 0 Å². The Balaban J connectivity index is 2.18. The number of nitrogens with zero attached hydrogens (tertiary/aromatic N) is 2. The SMILES string of the molecule is CCN(CC)C(=O)Nc1ccc2nc(C)sc2c1. The summed E-state index contributed by atoms with van der Waals surface area (Å²) in [5.41, 5.74) is 1.81. The Labute approximate surface area is 111 Å². The van der Waals surface area contributed by atoms with Gasteiger partial charge in [0.1, 0.15) is 0 Å². The lowest BCUT2D eigenvalue weighted by Crippen LogP contribution is -2.34. The van der Waals surface area contributed by atoms with Crippen molar-refractivity contribution in [2.24, 2.45) is 0 Å². The van der Waals surface area contributed by atoms with Crippen LogP contribution in [-0.2, 0) is 0 Å². The zero-order valence-corrected chi connectivity index (χ0v) is 11.7. The second-order valence-electron chi connectivity index (χ2n) is 4.02. The summed E-state index contributed by atoms with van der Waals surface area (Å²) in [5, 5.41) is 3.95. The van der Waals surface area contributed by atoms with Crippen molar-refractivity contribution in [2.75, 3.05) is 18.4 Å². The largest absolute Gasteiger partial charge is 0.325 e. The van der Waals surface area contributed by atoms with Crippen LogP contribution in [0.25, 0.3) is 10.2 Å². The Morgan fingerprint density at radius 1 is 1.39 bits per heavy atom. The molecule has 0 spiro atoms. The number of thiazole rings is 1. The summed E-state index contributed by atoms with van der Waals surface area (Å²) in [5.74, 6) is 0. The third-order valence-corrected chi connectivity index (χ3v) is 3.73. The van der Waals surface area contributed by atoms with E-state index >= 15 is 0 Å². The quantitative estimate of drug-likeness (QED) is 0.921. The monoisotopic (exact) mass is 263 g/mol. The number of aryl methyl sites for hydroxylation is 1. The smallest absolute Gasteiger partial charge is 0.321 e. The van der Waals surface area contributed by atoms with Crippen molar-refractivity contribution in [1.29, 1.82) is 0 Å². The molecule has 5 heteroatoms. The molecule has 2 rings (SSSR count). The van der Waals surface area contributed by atoms with E-state index in [1.54, 1.807) is 16.2 Å². The van der Waals surface area contributed by atoms with Gasteiger partial charge in [0.2, 0.25) is 0 Å². The number of hydrogen-bond donors (Lipinski definition) is 1. The number of benzene rings is 1. The highest BCUT2D eigenvalue weighted by atomic mass is 32.1. The summed E-state index contributed by atoms with van der Waals surface area (Å²) in [4.78, 5) is 18.1. The fourth-order valence-electron chi connectivity index (χ4n) is 1.83. The standard InChI is InChI=1S/C13H17N3OS/c1-4-16(5-2)13(17)15-10-6-7-11-12(8-10)18-9(3)14-11/h6-8H,4-5H2,1-3H3,(H,15,17). The highest BCUT2D eigenvalue weighted by Crippen LogP contribution is 2.24. The Kier molecular flexibility index (Phi) is 3.81. The maximum Gasteiger partial charge on any atom is 0.321 e. The summed E-state index contributed by atoms with van der Waals surface area (Å²) in [6, 6.07) is 5.75. The van der Waals surface area contributed by atoms with E-state index in [9.17, 15) is 4.79 Å². The summed E-state index contributed by atoms with van der Waals surface area (Å²) in [6.07, 6.45) is 0. The molecule has 1 heterocycles. The topological polar surface area (TPSA) is 45.2 Å². The number of carbonyl (C=O) groups excluding carboxylic acids is 1. The maximum atomic E-state index is 11.9. The first-order valence-electron chi connectivity index (χ1n) is 6.07. The number of urea groups is 1. The lowest BCUT2D eigenvalue weighted by molar-refractivity contribution is 0.217. The van der Waals surface area contributed by atoms with Gasteiger partial charge >= 0.3 is 6.03 Å². The van der Waals surface area contributed by atoms with Crippen LogP contribution in [0.4, 0.5) is 10.5 Å². The van der Waals surface area contributed by atoms with Gasteiger partial charge in [-0.1, -0.05) is 0 Å². The van der Waals surface area contributed by atoms with Crippen molar-refractivity contribution in [2.45, 2.75) is 20.8 Å². The van der Waals surface area contributed by atoms with Crippen LogP contribution in [0.5, 0.6) is 0 Å². The van der Waals surface area contributed by atoms with Gasteiger partial charge in [0, 0.05) is 18.8 Å². The van der Waals surface area contributed by atoms with Gasteiger partial charge in [0.15, 0.2) is 0 Å².